The lowest BCUT2D eigenvalue weighted by molar-refractivity contribution is -0.151. The number of hydrogen-bond donors (Lipinski definition) is 1. The number of nitrogens with zero attached hydrogens (tertiary/aromatic N) is 1. The van der Waals surface area contributed by atoms with Gasteiger partial charge in [-0.25, -0.2) is 0 Å². The van der Waals surface area contributed by atoms with Gasteiger partial charge in [-0.05, 0) is 40.2 Å². The largest absolute Gasteiger partial charge is 0.466 e. The topological polar surface area (TPSA) is 62.6 Å². The number of aryl methyl sites for hydroxylation is 2. The first-order valence-electron chi connectivity index (χ1n) is 7.06. The highest BCUT2D eigenvalue weighted by molar-refractivity contribution is 5.96. The van der Waals surface area contributed by atoms with Gasteiger partial charge in [-0.3, -0.25) is 9.59 Å². The average Bonchev–Trinajstić information content (AvgIpc) is 2.71. The first-order valence-corrected chi connectivity index (χ1v) is 7.06. The van der Waals surface area contributed by atoms with E-state index in [-0.39, 0.29) is 17.9 Å². The molecule has 1 aromatic rings. The molecule has 1 aromatic heterocycles. The van der Waals surface area contributed by atoms with Crippen molar-refractivity contribution in [2.45, 2.75) is 59.2 Å². The molecule has 2 amide bonds. The highest BCUT2D eigenvalue weighted by atomic mass is 16.3. The Balaban J connectivity index is 2.38. The minimum atomic E-state index is -0.471. The third-order valence-electron chi connectivity index (χ3n) is 3.96. The fourth-order valence-electron chi connectivity index (χ4n) is 2.93. The van der Waals surface area contributed by atoms with Crippen LogP contribution in [0.15, 0.2) is 10.5 Å². The molecular formula is C15H22N2O3. The van der Waals surface area contributed by atoms with Crippen molar-refractivity contribution >= 4 is 11.8 Å². The van der Waals surface area contributed by atoms with Crippen LogP contribution in [-0.4, -0.2) is 28.8 Å². The second-order valence-corrected chi connectivity index (χ2v) is 5.44. The van der Waals surface area contributed by atoms with E-state index < -0.39 is 12.1 Å². The maximum atomic E-state index is 12.5. The normalized spacial score (nSPS) is 24.8. The van der Waals surface area contributed by atoms with Crippen molar-refractivity contribution in [3.63, 3.8) is 0 Å². The summed E-state index contributed by atoms with van der Waals surface area (Å²) in [6, 6.07) is 0.889. The van der Waals surface area contributed by atoms with E-state index in [0.29, 0.717) is 6.42 Å². The maximum Gasteiger partial charge on any atom is 0.246 e. The smallest absolute Gasteiger partial charge is 0.246 e. The zero-order chi connectivity index (χ0) is 15.0. The Morgan fingerprint density at radius 2 is 2.05 bits per heavy atom. The second-order valence-electron chi connectivity index (χ2n) is 5.44. The molecule has 5 nitrogen and oxygen atoms in total. The lowest BCUT2D eigenvalue weighted by atomic mass is 9.99. The number of hydrogen-bond acceptors (Lipinski definition) is 3. The summed E-state index contributed by atoms with van der Waals surface area (Å²) in [7, 11) is 0. The van der Waals surface area contributed by atoms with Crippen molar-refractivity contribution in [3.8, 4) is 0 Å². The number of piperazine rings is 1. The average molecular weight is 278 g/mol. The van der Waals surface area contributed by atoms with Crippen molar-refractivity contribution in [3.05, 3.63) is 23.2 Å². The molecule has 0 radical (unpaired) electrons. The summed E-state index contributed by atoms with van der Waals surface area (Å²) >= 11 is 0. The van der Waals surface area contributed by atoms with Crippen LogP contribution in [0.2, 0.25) is 0 Å². The quantitative estimate of drug-likeness (QED) is 0.920. The molecule has 1 fully saturated rings. The van der Waals surface area contributed by atoms with E-state index in [1.807, 2.05) is 33.8 Å². The van der Waals surface area contributed by atoms with Gasteiger partial charge in [-0.2, -0.15) is 0 Å². The van der Waals surface area contributed by atoms with Gasteiger partial charge in [-0.1, -0.05) is 6.92 Å². The van der Waals surface area contributed by atoms with E-state index in [4.69, 9.17) is 4.42 Å². The standard InChI is InChI=1S/C15H22N2O3/c1-6-13-14(18)16-9(3)15(19)17(13)10(4)12-7-8(2)20-11(12)5/h7,9-10,13H,6H2,1-5H3,(H,16,18). The Labute approximate surface area is 119 Å². The van der Waals surface area contributed by atoms with E-state index in [1.54, 1.807) is 11.8 Å². The molecule has 1 N–H and O–H groups in total. The summed E-state index contributed by atoms with van der Waals surface area (Å²) in [5, 5.41) is 2.73. The van der Waals surface area contributed by atoms with Crippen molar-refractivity contribution < 1.29 is 14.0 Å². The minimum Gasteiger partial charge on any atom is -0.466 e. The Morgan fingerprint density at radius 3 is 2.55 bits per heavy atom. The molecule has 0 aliphatic carbocycles. The van der Waals surface area contributed by atoms with Gasteiger partial charge in [0.05, 0.1) is 6.04 Å². The molecular weight excluding hydrogens is 256 g/mol. The number of carbonyl (C=O) groups is 2. The molecule has 2 heterocycles. The van der Waals surface area contributed by atoms with Crippen molar-refractivity contribution in [2.24, 2.45) is 0 Å². The van der Waals surface area contributed by atoms with Crippen LogP contribution in [0.25, 0.3) is 0 Å². The molecule has 0 spiro atoms. The minimum absolute atomic E-state index is 0.0396. The van der Waals surface area contributed by atoms with Crippen LogP contribution in [0.5, 0.6) is 0 Å². The SMILES string of the molecule is CCC1C(=O)NC(C)C(=O)N1C(C)c1cc(C)oc1C. The van der Waals surface area contributed by atoms with Crippen LogP contribution in [-0.2, 0) is 9.59 Å². The monoisotopic (exact) mass is 278 g/mol. The molecule has 1 aliphatic rings. The zero-order valence-corrected chi connectivity index (χ0v) is 12.7. The molecule has 0 saturated carbocycles. The van der Waals surface area contributed by atoms with Crippen molar-refractivity contribution in [1.29, 1.82) is 0 Å². The van der Waals surface area contributed by atoms with Crippen LogP contribution >= 0.6 is 0 Å². The van der Waals surface area contributed by atoms with Gasteiger partial charge in [0.1, 0.15) is 23.6 Å². The summed E-state index contributed by atoms with van der Waals surface area (Å²) in [6.45, 7) is 9.36. The van der Waals surface area contributed by atoms with Gasteiger partial charge < -0.3 is 14.6 Å². The summed E-state index contributed by atoms with van der Waals surface area (Å²) < 4.78 is 5.55. The fraction of sp³-hybridized carbons (Fsp3) is 0.600. The maximum absolute atomic E-state index is 12.5. The van der Waals surface area contributed by atoms with E-state index >= 15 is 0 Å². The highest BCUT2D eigenvalue weighted by Gasteiger charge is 2.40. The molecule has 110 valence electrons. The number of nitrogens with one attached hydrogen (secondary N) is 1. The first kappa shape index (κ1) is 14.6. The lowest BCUT2D eigenvalue weighted by Crippen LogP contribution is -2.62. The molecule has 2 rings (SSSR count). The van der Waals surface area contributed by atoms with Gasteiger partial charge in [0.15, 0.2) is 0 Å². The first-order chi connectivity index (χ1) is 9.36. The molecule has 3 atom stereocenters. The highest BCUT2D eigenvalue weighted by Crippen LogP contribution is 2.30. The van der Waals surface area contributed by atoms with Gasteiger partial charge in [0, 0.05) is 5.56 Å². The Bertz CT molecular complexity index is 535. The number of rotatable bonds is 3. The number of furan rings is 1. The summed E-state index contributed by atoms with van der Waals surface area (Å²) in [6.07, 6.45) is 0.602. The molecule has 1 aliphatic heterocycles. The van der Waals surface area contributed by atoms with E-state index in [1.165, 1.54) is 0 Å². The summed E-state index contributed by atoms with van der Waals surface area (Å²) in [5.41, 5.74) is 0.969. The van der Waals surface area contributed by atoms with E-state index in [9.17, 15) is 9.59 Å². The molecule has 20 heavy (non-hydrogen) atoms. The van der Waals surface area contributed by atoms with Gasteiger partial charge in [-0.15, -0.1) is 0 Å². The second kappa shape index (κ2) is 5.31. The molecule has 5 heteroatoms. The van der Waals surface area contributed by atoms with Crippen molar-refractivity contribution in [1.82, 2.24) is 10.2 Å². The fourth-order valence-corrected chi connectivity index (χ4v) is 2.93. The van der Waals surface area contributed by atoms with Crippen LogP contribution in [0.4, 0.5) is 0 Å². The Hall–Kier alpha value is -1.78. The van der Waals surface area contributed by atoms with Gasteiger partial charge in [0.2, 0.25) is 11.8 Å². The zero-order valence-electron chi connectivity index (χ0n) is 12.7. The van der Waals surface area contributed by atoms with E-state index in [2.05, 4.69) is 5.32 Å². The van der Waals surface area contributed by atoms with Crippen LogP contribution in [0.1, 0.15) is 50.3 Å². The third kappa shape index (κ3) is 2.32. The van der Waals surface area contributed by atoms with Crippen LogP contribution < -0.4 is 5.32 Å². The molecule has 3 unspecified atom stereocenters. The molecule has 1 saturated heterocycles. The van der Waals surface area contributed by atoms with Crippen molar-refractivity contribution in [2.75, 3.05) is 0 Å². The van der Waals surface area contributed by atoms with Gasteiger partial charge >= 0.3 is 0 Å². The predicted octanol–water partition coefficient (Wildman–Crippen LogP) is 2.08. The number of carbonyl (C=O) groups excluding carboxylic acids is 2. The lowest BCUT2D eigenvalue weighted by Gasteiger charge is -2.41. The summed E-state index contributed by atoms with van der Waals surface area (Å²) in [5.74, 6) is 1.50. The van der Waals surface area contributed by atoms with Crippen LogP contribution in [0.3, 0.4) is 0 Å². The van der Waals surface area contributed by atoms with E-state index in [0.717, 1.165) is 17.1 Å². The van der Waals surface area contributed by atoms with Crippen LogP contribution in [0, 0.1) is 13.8 Å². The Morgan fingerprint density at radius 1 is 1.40 bits per heavy atom. The third-order valence-corrected chi connectivity index (χ3v) is 3.96. The summed E-state index contributed by atoms with van der Waals surface area (Å²) in [4.78, 5) is 26.2. The molecule has 0 bridgehead atoms. The van der Waals surface area contributed by atoms with Gasteiger partial charge in [0.25, 0.3) is 0 Å². The number of amides is 2. The Kier molecular flexibility index (Phi) is 3.88. The predicted molar refractivity (Wildman–Crippen MR) is 75.1 cm³/mol. The molecule has 0 aromatic carbocycles.